The van der Waals surface area contributed by atoms with Gasteiger partial charge in [-0.1, -0.05) is 38.1 Å². The average molecular weight is 273 g/mol. The van der Waals surface area contributed by atoms with Gasteiger partial charge in [-0.3, -0.25) is 4.79 Å². The van der Waals surface area contributed by atoms with Gasteiger partial charge in [0.15, 0.2) is 0 Å². The lowest BCUT2D eigenvalue weighted by Gasteiger charge is -2.09. The Balaban J connectivity index is 2.12. The largest absolute Gasteiger partial charge is 0.392 e. The van der Waals surface area contributed by atoms with Crippen molar-refractivity contribution in [1.29, 1.82) is 0 Å². The van der Waals surface area contributed by atoms with Crippen molar-refractivity contribution in [2.24, 2.45) is 0 Å². The van der Waals surface area contributed by atoms with Crippen molar-refractivity contribution < 1.29 is 5.11 Å². The first-order valence-corrected chi connectivity index (χ1v) is 6.62. The Labute approximate surface area is 117 Å². The first-order valence-electron chi connectivity index (χ1n) is 6.62. The summed E-state index contributed by atoms with van der Waals surface area (Å²) < 4.78 is 0. The van der Waals surface area contributed by atoms with Gasteiger partial charge in [0.1, 0.15) is 11.6 Å². The van der Waals surface area contributed by atoms with Gasteiger partial charge in [0, 0.05) is 18.5 Å². The van der Waals surface area contributed by atoms with Gasteiger partial charge in [-0.25, -0.2) is 4.98 Å². The Hall–Kier alpha value is -2.14. The molecule has 5 heteroatoms. The molecule has 1 heterocycles. The van der Waals surface area contributed by atoms with E-state index in [0.717, 1.165) is 11.1 Å². The number of benzene rings is 1. The van der Waals surface area contributed by atoms with E-state index in [0.29, 0.717) is 18.2 Å². The number of nitrogens with one attached hydrogen (secondary N) is 2. The third kappa shape index (κ3) is 3.68. The van der Waals surface area contributed by atoms with Crippen LogP contribution in [0.5, 0.6) is 0 Å². The molecule has 0 aliphatic heterocycles. The lowest BCUT2D eigenvalue weighted by molar-refractivity contribution is 0.281. The first kappa shape index (κ1) is 14.3. The van der Waals surface area contributed by atoms with E-state index in [-0.39, 0.29) is 18.1 Å². The van der Waals surface area contributed by atoms with Crippen molar-refractivity contribution in [2.75, 3.05) is 5.32 Å². The molecular formula is C15H19N3O2. The maximum absolute atomic E-state index is 11.6. The molecule has 1 aromatic carbocycles. The Morgan fingerprint density at radius 1 is 1.30 bits per heavy atom. The van der Waals surface area contributed by atoms with Crippen molar-refractivity contribution in [3.05, 3.63) is 57.6 Å². The van der Waals surface area contributed by atoms with Crippen molar-refractivity contribution in [3.63, 3.8) is 0 Å². The third-order valence-corrected chi connectivity index (χ3v) is 2.95. The van der Waals surface area contributed by atoms with E-state index in [1.54, 1.807) is 0 Å². The molecule has 0 aliphatic rings. The maximum Gasteiger partial charge on any atom is 0.252 e. The highest BCUT2D eigenvalue weighted by Crippen LogP contribution is 2.11. The Morgan fingerprint density at radius 2 is 2.05 bits per heavy atom. The number of aromatic nitrogens is 2. The molecule has 0 saturated heterocycles. The van der Waals surface area contributed by atoms with E-state index in [2.05, 4.69) is 15.3 Å². The van der Waals surface area contributed by atoms with E-state index in [1.165, 1.54) is 6.07 Å². The molecule has 20 heavy (non-hydrogen) atoms. The van der Waals surface area contributed by atoms with Crippen LogP contribution < -0.4 is 10.9 Å². The highest BCUT2D eigenvalue weighted by atomic mass is 16.3. The number of hydrogen-bond donors (Lipinski definition) is 3. The molecule has 2 rings (SSSR count). The van der Waals surface area contributed by atoms with Crippen molar-refractivity contribution >= 4 is 5.82 Å². The number of anilines is 1. The molecule has 0 spiro atoms. The Morgan fingerprint density at radius 3 is 2.75 bits per heavy atom. The Bertz CT molecular complexity index is 635. The molecule has 1 aromatic heterocycles. The lowest BCUT2D eigenvalue weighted by atomic mass is 10.1. The second kappa shape index (κ2) is 6.34. The minimum atomic E-state index is -0.157. The summed E-state index contributed by atoms with van der Waals surface area (Å²) in [4.78, 5) is 18.7. The van der Waals surface area contributed by atoms with Gasteiger partial charge in [0.2, 0.25) is 0 Å². The van der Waals surface area contributed by atoms with Gasteiger partial charge < -0.3 is 15.4 Å². The molecule has 106 valence electrons. The number of aromatic amines is 1. The molecular weight excluding hydrogens is 254 g/mol. The fraction of sp³-hybridized carbons (Fsp3) is 0.333. The van der Waals surface area contributed by atoms with Crippen LogP contribution in [0.4, 0.5) is 5.82 Å². The van der Waals surface area contributed by atoms with Crippen molar-refractivity contribution in [2.45, 2.75) is 32.9 Å². The van der Waals surface area contributed by atoms with E-state index in [4.69, 9.17) is 5.11 Å². The monoisotopic (exact) mass is 273 g/mol. The number of rotatable bonds is 5. The van der Waals surface area contributed by atoms with Crippen molar-refractivity contribution in [3.8, 4) is 0 Å². The van der Waals surface area contributed by atoms with Crippen LogP contribution >= 0.6 is 0 Å². The zero-order chi connectivity index (χ0) is 14.5. The van der Waals surface area contributed by atoms with Crippen LogP contribution in [-0.2, 0) is 13.2 Å². The van der Waals surface area contributed by atoms with Crippen LogP contribution in [0.1, 0.15) is 36.7 Å². The summed E-state index contributed by atoms with van der Waals surface area (Å²) in [7, 11) is 0. The topological polar surface area (TPSA) is 78.0 Å². The van der Waals surface area contributed by atoms with Crippen LogP contribution in [0.15, 0.2) is 35.1 Å². The van der Waals surface area contributed by atoms with Crippen LogP contribution in [0.3, 0.4) is 0 Å². The Kier molecular flexibility index (Phi) is 4.53. The summed E-state index contributed by atoms with van der Waals surface area (Å²) in [6.07, 6.45) is 0. The average Bonchev–Trinajstić information content (AvgIpc) is 2.44. The normalized spacial score (nSPS) is 10.8. The molecule has 0 radical (unpaired) electrons. The maximum atomic E-state index is 11.6. The quantitative estimate of drug-likeness (QED) is 0.778. The van der Waals surface area contributed by atoms with Gasteiger partial charge in [0.25, 0.3) is 5.56 Å². The van der Waals surface area contributed by atoms with Crippen molar-refractivity contribution in [1.82, 2.24) is 9.97 Å². The molecule has 2 aromatic rings. The van der Waals surface area contributed by atoms with Gasteiger partial charge in [0.05, 0.1) is 6.61 Å². The first-order chi connectivity index (χ1) is 9.58. The van der Waals surface area contributed by atoms with Gasteiger partial charge in [-0.05, 0) is 11.1 Å². The summed E-state index contributed by atoms with van der Waals surface area (Å²) in [5.74, 6) is 1.40. The number of H-pyrrole nitrogens is 1. The highest BCUT2D eigenvalue weighted by molar-refractivity contribution is 5.35. The second-order valence-corrected chi connectivity index (χ2v) is 5.00. The standard InChI is InChI=1S/C15H19N3O2/c1-10(2)15-17-13(7-14(20)18-15)16-8-11-4-3-5-12(6-11)9-19/h3-7,10,19H,8-9H2,1-2H3,(H2,16,17,18,20). The highest BCUT2D eigenvalue weighted by Gasteiger charge is 2.05. The smallest absolute Gasteiger partial charge is 0.252 e. The second-order valence-electron chi connectivity index (χ2n) is 5.00. The zero-order valence-electron chi connectivity index (χ0n) is 11.7. The molecule has 5 nitrogen and oxygen atoms in total. The zero-order valence-corrected chi connectivity index (χ0v) is 11.7. The molecule has 0 saturated carbocycles. The summed E-state index contributed by atoms with van der Waals surface area (Å²) in [5.41, 5.74) is 1.74. The predicted molar refractivity (Wildman–Crippen MR) is 78.6 cm³/mol. The molecule has 3 N–H and O–H groups in total. The summed E-state index contributed by atoms with van der Waals surface area (Å²) in [5, 5.41) is 12.2. The summed E-state index contributed by atoms with van der Waals surface area (Å²) in [6.45, 7) is 4.54. The molecule has 0 unspecified atom stereocenters. The molecule has 0 fully saturated rings. The number of aliphatic hydroxyl groups excluding tert-OH is 1. The minimum Gasteiger partial charge on any atom is -0.392 e. The van der Waals surface area contributed by atoms with Crippen LogP contribution in [0.25, 0.3) is 0 Å². The van der Waals surface area contributed by atoms with E-state index in [1.807, 2.05) is 38.1 Å². The van der Waals surface area contributed by atoms with Crippen LogP contribution in [0, 0.1) is 0 Å². The van der Waals surface area contributed by atoms with Gasteiger partial charge in [-0.2, -0.15) is 0 Å². The van der Waals surface area contributed by atoms with Gasteiger partial charge in [-0.15, -0.1) is 0 Å². The molecule has 0 bridgehead atoms. The van der Waals surface area contributed by atoms with E-state index < -0.39 is 0 Å². The predicted octanol–water partition coefficient (Wildman–Crippen LogP) is 2.00. The van der Waals surface area contributed by atoms with E-state index >= 15 is 0 Å². The molecule has 0 amide bonds. The van der Waals surface area contributed by atoms with Crippen LogP contribution in [0.2, 0.25) is 0 Å². The number of nitrogens with zero attached hydrogens (tertiary/aromatic N) is 1. The fourth-order valence-corrected chi connectivity index (χ4v) is 1.87. The third-order valence-electron chi connectivity index (χ3n) is 2.95. The van der Waals surface area contributed by atoms with Crippen LogP contribution in [-0.4, -0.2) is 15.1 Å². The van der Waals surface area contributed by atoms with Gasteiger partial charge >= 0.3 is 0 Å². The van der Waals surface area contributed by atoms with E-state index in [9.17, 15) is 4.79 Å². The fourth-order valence-electron chi connectivity index (χ4n) is 1.87. The summed E-state index contributed by atoms with van der Waals surface area (Å²) in [6, 6.07) is 9.09. The SMILES string of the molecule is CC(C)c1nc(NCc2cccc(CO)c2)cc(=O)[nH]1. The summed E-state index contributed by atoms with van der Waals surface area (Å²) >= 11 is 0. The molecule has 0 aliphatic carbocycles. The molecule has 0 atom stereocenters. The lowest BCUT2D eigenvalue weighted by Crippen LogP contribution is -2.14. The number of aliphatic hydroxyl groups is 1. The number of hydrogen-bond acceptors (Lipinski definition) is 4. The minimum absolute atomic E-state index is 0.0224.